The number of methoxy groups -OCH3 is 1. The predicted octanol–water partition coefficient (Wildman–Crippen LogP) is 2.92. The molecule has 0 spiro atoms. The van der Waals surface area contributed by atoms with E-state index in [0.29, 0.717) is 18.7 Å². The molecule has 1 atom stereocenters. The molecule has 1 unspecified atom stereocenters. The van der Waals surface area contributed by atoms with Crippen LogP contribution in [0.1, 0.15) is 33.6 Å². The van der Waals surface area contributed by atoms with E-state index in [-0.39, 0.29) is 17.4 Å². The number of carbonyl (C=O) groups is 2. The summed E-state index contributed by atoms with van der Waals surface area (Å²) in [5.41, 5.74) is 1.04. The summed E-state index contributed by atoms with van der Waals surface area (Å²) in [6.07, 6.45) is 0.575. The van der Waals surface area contributed by atoms with E-state index in [1.807, 2.05) is 24.4 Å². The van der Waals surface area contributed by atoms with Gasteiger partial charge >= 0.3 is 5.97 Å². The highest BCUT2D eigenvalue weighted by Crippen LogP contribution is 2.22. The van der Waals surface area contributed by atoms with E-state index in [4.69, 9.17) is 9.84 Å². The van der Waals surface area contributed by atoms with Crippen LogP contribution in [0.2, 0.25) is 0 Å². The van der Waals surface area contributed by atoms with E-state index in [2.05, 4.69) is 5.32 Å². The predicted molar refractivity (Wildman–Crippen MR) is 89.4 cm³/mol. The van der Waals surface area contributed by atoms with Crippen LogP contribution in [-0.4, -0.2) is 30.6 Å². The molecular weight excluding hydrogens is 314 g/mol. The van der Waals surface area contributed by atoms with E-state index >= 15 is 0 Å². The van der Waals surface area contributed by atoms with Crippen LogP contribution in [-0.2, 0) is 11.2 Å². The van der Waals surface area contributed by atoms with E-state index in [1.165, 1.54) is 19.2 Å². The molecule has 23 heavy (non-hydrogen) atoms. The second kappa shape index (κ2) is 7.78. The third-order valence-electron chi connectivity index (χ3n) is 3.59. The quantitative estimate of drug-likeness (QED) is 0.817. The van der Waals surface area contributed by atoms with Gasteiger partial charge in [0.25, 0.3) is 0 Å². The van der Waals surface area contributed by atoms with Crippen molar-refractivity contribution in [3.05, 3.63) is 51.7 Å². The normalized spacial score (nSPS) is 11.7. The van der Waals surface area contributed by atoms with Gasteiger partial charge in [0.2, 0.25) is 5.91 Å². The van der Waals surface area contributed by atoms with Gasteiger partial charge < -0.3 is 15.2 Å². The zero-order valence-electron chi connectivity index (χ0n) is 13.0. The minimum atomic E-state index is -0.993. The van der Waals surface area contributed by atoms with Gasteiger partial charge in [-0.15, -0.1) is 11.3 Å². The van der Waals surface area contributed by atoms with Gasteiger partial charge in [-0.05, 0) is 42.5 Å². The highest BCUT2D eigenvalue weighted by atomic mass is 32.1. The number of hydrogen-bond acceptors (Lipinski definition) is 4. The minimum absolute atomic E-state index is 0.0198. The Hall–Kier alpha value is -2.34. The summed E-state index contributed by atoms with van der Waals surface area (Å²) in [6, 6.07) is 8.63. The largest absolute Gasteiger partial charge is 0.496 e. The summed E-state index contributed by atoms with van der Waals surface area (Å²) in [5.74, 6) is -0.668. The number of amides is 1. The lowest BCUT2D eigenvalue weighted by Crippen LogP contribution is -2.29. The summed E-state index contributed by atoms with van der Waals surface area (Å²) >= 11 is 1.56. The molecule has 0 aliphatic rings. The molecule has 2 rings (SSSR count). The Morgan fingerprint density at radius 2 is 2.13 bits per heavy atom. The lowest BCUT2D eigenvalue weighted by atomic mass is 10.1. The summed E-state index contributed by atoms with van der Waals surface area (Å²) < 4.78 is 5.23. The SMILES string of the molecule is COc1cc(C(=O)O)ccc1CCNC(=O)C(C)c1cccs1. The molecule has 122 valence electrons. The maximum Gasteiger partial charge on any atom is 0.335 e. The number of benzene rings is 1. The molecule has 2 N–H and O–H groups in total. The monoisotopic (exact) mass is 333 g/mol. The van der Waals surface area contributed by atoms with Crippen LogP contribution in [0.3, 0.4) is 0 Å². The number of rotatable bonds is 7. The molecule has 1 aromatic carbocycles. The van der Waals surface area contributed by atoms with Crippen molar-refractivity contribution < 1.29 is 19.4 Å². The van der Waals surface area contributed by atoms with Crippen LogP contribution in [0.15, 0.2) is 35.7 Å². The topological polar surface area (TPSA) is 75.6 Å². The van der Waals surface area contributed by atoms with Crippen LogP contribution in [0.4, 0.5) is 0 Å². The maximum absolute atomic E-state index is 12.1. The molecule has 1 amide bonds. The standard InChI is InChI=1S/C17H19NO4S/c1-11(15-4-3-9-23-15)16(19)18-8-7-12-5-6-13(17(20)21)10-14(12)22-2/h3-6,9-11H,7-8H2,1-2H3,(H,18,19)(H,20,21). The van der Waals surface area contributed by atoms with Crippen molar-refractivity contribution >= 4 is 23.2 Å². The van der Waals surface area contributed by atoms with E-state index in [1.54, 1.807) is 17.4 Å². The van der Waals surface area contributed by atoms with E-state index in [0.717, 1.165) is 10.4 Å². The average Bonchev–Trinajstić information content (AvgIpc) is 3.08. The summed E-state index contributed by atoms with van der Waals surface area (Å²) in [7, 11) is 1.50. The Morgan fingerprint density at radius 3 is 2.74 bits per heavy atom. The Labute approximate surface area is 138 Å². The molecule has 1 heterocycles. The number of thiophene rings is 1. The smallest absolute Gasteiger partial charge is 0.335 e. The van der Waals surface area contributed by atoms with Crippen LogP contribution >= 0.6 is 11.3 Å². The molecule has 0 radical (unpaired) electrons. The highest BCUT2D eigenvalue weighted by molar-refractivity contribution is 7.10. The first-order chi connectivity index (χ1) is 11.0. The fraction of sp³-hybridized carbons (Fsp3) is 0.294. The first-order valence-electron chi connectivity index (χ1n) is 7.24. The summed E-state index contributed by atoms with van der Waals surface area (Å²) in [5, 5.41) is 13.8. The van der Waals surface area contributed by atoms with Crippen molar-refractivity contribution in [2.75, 3.05) is 13.7 Å². The molecule has 1 aromatic heterocycles. The number of ether oxygens (including phenoxy) is 1. The van der Waals surface area contributed by atoms with Gasteiger partial charge in [-0.2, -0.15) is 0 Å². The summed E-state index contributed by atoms with van der Waals surface area (Å²) in [6.45, 7) is 2.35. The van der Waals surface area contributed by atoms with Crippen molar-refractivity contribution in [3.63, 3.8) is 0 Å². The van der Waals surface area contributed by atoms with Gasteiger partial charge in [0.1, 0.15) is 5.75 Å². The van der Waals surface area contributed by atoms with Gasteiger partial charge in [-0.3, -0.25) is 4.79 Å². The number of carbonyl (C=O) groups excluding carboxylic acids is 1. The molecular formula is C17H19NO4S. The third kappa shape index (κ3) is 4.32. The maximum atomic E-state index is 12.1. The van der Waals surface area contributed by atoms with Crippen molar-refractivity contribution in [2.45, 2.75) is 19.3 Å². The Kier molecular flexibility index (Phi) is 5.76. The zero-order chi connectivity index (χ0) is 16.8. The highest BCUT2D eigenvalue weighted by Gasteiger charge is 2.16. The van der Waals surface area contributed by atoms with Gasteiger partial charge in [0.05, 0.1) is 18.6 Å². The molecule has 2 aromatic rings. The fourth-order valence-corrected chi connectivity index (χ4v) is 3.01. The molecule has 0 fully saturated rings. The molecule has 0 saturated heterocycles. The lowest BCUT2D eigenvalue weighted by molar-refractivity contribution is -0.122. The number of aromatic carboxylic acids is 1. The van der Waals surface area contributed by atoms with Crippen molar-refractivity contribution in [3.8, 4) is 5.75 Å². The Morgan fingerprint density at radius 1 is 1.35 bits per heavy atom. The van der Waals surface area contributed by atoms with Crippen molar-refractivity contribution in [1.82, 2.24) is 5.32 Å². The van der Waals surface area contributed by atoms with Crippen molar-refractivity contribution in [2.24, 2.45) is 0 Å². The number of nitrogens with one attached hydrogen (secondary N) is 1. The van der Waals surface area contributed by atoms with Gasteiger partial charge in [0, 0.05) is 11.4 Å². The molecule has 6 heteroatoms. The fourth-order valence-electron chi connectivity index (χ4n) is 2.22. The Bertz CT molecular complexity index is 682. The number of carboxylic acids is 1. The second-order valence-corrected chi connectivity index (χ2v) is 6.09. The molecule has 0 aliphatic carbocycles. The van der Waals surface area contributed by atoms with E-state index in [9.17, 15) is 9.59 Å². The molecule has 5 nitrogen and oxygen atoms in total. The number of hydrogen-bond donors (Lipinski definition) is 2. The van der Waals surface area contributed by atoms with E-state index < -0.39 is 5.97 Å². The molecule has 0 bridgehead atoms. The minimum Gasteiger partial charge on any atom is -0.496 e. The lowest BCUT2D eigenvalue weighted by Gasteiger charge is -2.12. The van der Waals surface area contributed by atoms with Crippen molar-refractivity contribution in [1.29, 1.82) is 0 Å². The summed E-state index contributed by atoms with van der Waals surface area (Å²) in [4.78, 5) is 24.1. The zero-order valence-corrected chi connectivity index (χ0v) is 13.9. The average molecular weight is 333 g/mol. The third-order valence-corrected chi connectivity index (χ3v) is 4.65. The van der Waals surface area contributed by atoms with Crippen LogP contribution in [0.25, 0.3) is 0 Å². The Balaban J connectivity index is 1.93. The van der Waals surface area contributed by atoms with Crippen LogP contribution in [0.5, 0.6) is 5.75 Å². The van der Waals surface area contributed by atoms with Gasteiger partial charge in [-0.25, -0.2) is 4.79 Å². The van der Waals surface area contributed by atoms with Gasteiger partial charge in [-0.1, -0.05) is 12.1 Å². The van der Waals surface area contributed by atoms with Gasteiger partial charge in [0.15, 0.2) is 0 Å². The first kappa shape index (κ1) is 17.0. The van der Waals surface area contributed by atoms with Crippen LogP contribution < -0.4 is 10.1 Å². The number of carboxylic acid groups (broad SMARTS) is 1. The molecule has 0 saturated carbocycles. The first-order valence-corrected chi connectivity index (χ1v) is 8.12. The second-order valence-electron chi connectivity index (χ2n) is 5.11. The molecule has 0 aliphatic heterocycles. The van der Waals surface area contributed by atoms with Crippen LogP contribution in [0, 0.1) is 0 Å².